The Balaban J connectivity index is 1.80. The average Bonchev–Trinajstić information content (AvgIpc) is 2.50. The molecule has 2 fully saturated rings. The van der Waals surface area contributed by atoms with Crippen molar-refractivity contribution in [2.24, 2.45) is 0 Å². The van der Waals surface area contributed by atoms with Crippen molar-refractivity contribution in [3.63, 3.8) is 0 Å². The van der Waals surface area contributed by atoms with Gasteiger partial charge in [0.25, 0.3) is 0 Å². The quantitative estimate of drug-likeness (QED) is 0.898. The molecule has 1 aromatic rings. The van der Waals surface area contributed by atoms with Crippen LogP contribution in [0.5, 0.6) is 0 Å². The summed E-state index contributed by atoms with van der Waals surface area (Å²) in [6, 6.07) is 2.36. The zero-order valence-corrected chi connectivity index (χ0v) is 15.0. The monoisotopic (exact) mass is 333 g/mol. The Hall–Kier alpha value is -1.89. The van der Waals surface area contributed by atoms with E-state index >= 15 is 0 Å². The van der Waals surface area contributed by atoms with Gasteiger partial charge in [0.1, 0.15) is 5.82 Å². The van der Waals surface area contributed by atoms with Crippen molar-refractivity contribution in [1.29, 1.82) is 0 Å². The number of rotatable bonds is 3. The lowest BCUT2D eigenvalue weighted by atomic mass is 9.92. The molecule has 7 heteroatoms. The lowest BCUT2D eigenvalue weighted by Crippen LogP contribution is -2.48. The summed E-state index contributed by atoms with van der Waals surface area (Å²) >= 11 is 0. The number of carbonyl (C=O) groups is 1. The number of nitrogens with one attached hydrogen (secondary N) is 1. The fourth-order valence-corrected chi connectivity index (χ4v) is 2.78. The van der Waals surface area contributed by atoms with E-state index in [1.807, 2.05) is 11.0 Å². The van der Waals surface area contributed by atoms with Gasteiger partial charge in [0.2, 0.25) is 11.9 Å². The summed E-state index contributed by atoms with van der Waals surface area (Å²) in [5.41, 5.74) is 0.968. The molecule has 2 saturated heterocycles. The van der Waals surface area contributed by atoms with Crippen LogP contribution < -0.4 is 10.2 Å². The van der Waals surface area contributed by atoms with E-state index in [2.05, 4.69) is 31.0 Å². The minimum absolute atomic E-state index is 0.0502. The number of nitrogens with zero attached hydrogens (tertiary/aromatic N) is 4. The summed E-state index contributed by atoms with van der Waals surface area (Å²) in [5, 5.41) is 3.43. The fraction of sp³-hybridized carbons (Fsp3) is 0.706. The average molecular weight is 333 g/mol. The molecule has 0 atom stereocenters. The maximum atomic E-state index is 11.5. The zero-order chi connectivity index (χ0) is 17.3. The van der Waals surface area contributed by atoms with Crippen molar-refractivity contribution >= 4 is 17.7 Å². The Morgan fingerprint density at radius 3 is 2.38 bits per heavy atom. The van der Waals surface area contributed by atoms with Gasteiger partial charge in [-0.05, 0) is 0 Å². The summed E-state index contributed by atoms with van der Waals surface area (Å²) in [7, 11) is 0. The third kappa shape index (κ3) is 3.77. The van der Waals surface area contributed by atoms with E-state index in [4.69, 9.17) is 14.7 Å². The lowest BCUT2D eigenvalue weighted by Gasteiger charge is -2.35. The molecule has 1 N–H and O–H groups in total. The normalized spacial score (nSPS) is 19.2. The van der Waals surface area contributed by atoms with Gasteiger partial charge in [-0.25, -0.2) is 4.98 Å². The standard InChI is InChI=1S/C17H27N5O2/c1-12(23)21-5-7-22(8-6-21)16-19-14(17(2,3)4)9-15(20-16)18-13-10-24-11-13/h9,13H,5-8,10-11H2,1-4H3,(H,18,19,20). The van der Waals surface area contributed by atoms with Gasteiger partial charge in [0.05, 0.1) is 24.9 Å². The maximum absolute atomic E-state index is 11.5. The molecule has 0 saturated carbocycles. The molecule has 3 rings (SSSR count). The predicted molar refractivity (Wildman–Crippen MR) is 93.4 cm³/mol. The molecule has 1 amide bonds. The molecular formula is C17H27N5O2. The van der Waals surface area contributed by atoms with Crippen molar-refractivity contribution in [3.8, 4) is 0 Å². The van der Waals surface area contributed by atoms with Crippen LogP contribution in [0.3, 0.4) is 0 Å². The SMILES string of the molecule is CC(=O)N1CCN(c2nc(NC3COC3)cc(C(C)(C)C)n2)CC1. The van der Waals surface area contributed by atoms with Gasteiger partial charge in [-0.1, -0.05) is 20.8 Å². The van der Waals surface area contributed by atoms with Crippen LogP contribution in [-0.4, -0.2) is 66.2 Å². The molecule has 0 radical (unpaired) electrons. The molecule has 0 unspecified atom stereocenters. The number of piperazine rings is 1. The zero-order valence-electron chi connectivity index (χ0n) is 15.0. The van der Waals surface area contributed by atoms with Crippen LogP contribution in [0.2, 0.25) is 0 Å². The molecule has 2 aliphatic heterocycles. The summed E-state index contributed by atoms with van der Waals surface area (Å²) in [6.07, 6.45) is 0. The number of aromatic nitrogens is 2. The number of carbonyl (C=O) groups excluding carboxylic acids is 1. The van der Waals surface area contributed by atoms with Gasteiger partial charge in [0, 0.05) is 44.6 Å². The minimum atomic E-state index is -0.0502. The van der Waals surface area contributed by atoms with Gasteiger partial charge in [-0.2, -0.15) is 4.98 Å². The largest absolute Gasteiger partial charge is 0.377 e. The number of anilines is 2. The van der Waals surface area contributed by atoms with Gasteiger partial charge in [0.15, 0.2) is 0 Å². The predicted octanol–water partition coefficient (Wildman–Crippen LogP) is 1.25. The number of hydrogen-bond acceptors (Lipinski definition) is 6. The number of amides is 1. The molecule has 132 valence electrons. The van der Waals surface area contributed by atoms with E-state index in [1.165, 1.54) is 0 Å². The van der Waals surface area contributed by atoms with Crippen LogP contribution in [0.15, 0.2) is 6.07 Å². The summed E-state index contributed by atoms with van der Waals surface area (Å²) < 4.78 is 5.23. The van der Waals surface area contributed by atoms with Crippen molar-refractivity contribution in [1.82, 2.24) is 14.9 Å². The van der Waals surface area contributed by atoms with Crippen LogP contribution >= 0.6 is 0 Å². The van der Waals surface area contributed by atoms with Gasteiger partial charge < -0.3 is 19.9 Å². The molecule has 0 bridgehead atoms. The first-order valence-corrected chi connectivity index (χ1v) is 8.57. The van der Waals surface area contributed by atoms with Crippen molar-refractivity contribution in [2.45, 2.75) is 39.2 Å². The van der Waals surface area contributed by atoms with Gasteiger partial charge >= 0.3 is 0 Å². The highest BCUT2D eigenvalue weighted by atomic mass is 16.5. The highest BCUT2D eigenvalue weighted by molar-refractivity contribution is 5.73. The Labute approximate surface area is 143 Å². The second-order valence-electron chi connectivity index (χ2n) is 7.56. The van der Waals surface area contributed by atoms with E-state index in [9.17, 15) is 4.79 Å². The Morgan fingerprint density at radius 1 is 1.21 bits per heavy atom. The highest BCUT2D eigenvalue weighted by Gasteiger charge is 2.25. The summed E-state index contributed by atoms with van der Waals surface area (Å²) in [5.74, 6) is 1.73. The van der Waals surface area contributed by atoms with E-state index in [0.29, 0.717) is 6.04 Å². The van der Waals surface area contributed by atoms with E-state index < -0.39 is 0 Å². The summed E-state index contributed by atoms with van der Waals surface area (Å²) in [6.45, 7) is 12.5. The molecule has 1 aromatic heterocycles. The van der Waals surface area contributed by atoms with Crippen LogP contribution in [-0.2, 0) is 14.9 Å². The van der Waals surface area contributed by atoms with Crippen molar-refractivity contribution < 1.29 is 9.53 Å². The molecule has 2 aliphatic rings. The first kappa shape index (κ1) is 17.0. The van der Waals surface area contributed by atoms with Crippen LogP contribution in [0, 0.1) is 0 Å². The van der Waals surface area contributed by atoms with E-state index in [0.717, 1.165) is 56.9 Å². The second-order valence-corrected chi connectivity index (χ2v) is 7.56. The molecule has 0 aromatic carbocycles. The Morgan fingerprint density at radius 2 is 1.88 bits per heavy atom. The highest BCUT2D eigenvalue weighted by Crippen LogP contribution is 2.26. The third-order valence-electron chi connectivity index (χ3n) is 4.48. The maximum Gasteiger partial charge on any atom is 0.227 e. The topological polar surface area (TPSA) is 70.6 Å². The molecule has 3 heterocycles. The molecule has 7 nitrogen and oxygen atoms in total. The number of ether oxygens (including phenoxy) is 1. The summed E-state index contributed by atoms with van der Waals surface area (Å²) in [4.78, 5) is 25.0. The van der Waals surface area contributed by atoms with Gasteiger partial charge in [-0.3, -0.25) is 4.79 Å². The van der Waals surface area contributed by atoms with Crippen LogP contribution in [0.1, 0.15) is 33.4 Å². The van der Waals surface area contributed by atoms with E-state index in [1.54, 1.807) is 6.92 Å². The van der Waals surface area contributed by atoms with Crippen molar-refractivity contribution in [3.05, 3.63) is 11.8 Å². The first-order valence-electron chi connectivity index (χ1n) is 8.57. The second kappa shape index (κ2) is 6.55. The molecular weight excluding hydrogens is 306 g/mol. The minimum Gasteiger partial charge on any atom is -0.377 e. The lowest BCUT2D eigenvalue weighted by molar-refractivity contribution is -0.129. The fourth-order valence-electron chi connectivity index (χ4n) is 2.78. The Kier molecular flexibility index (Phi) is 4.62. The molecule has 24 heavy (non-hydrogen) atoms. The number of hydrogen-bond donors (Lipinski definition) is 1. The molecule has 0 spiro atoms. The Bertz CT molecular complexity index is 601. The van der Waals surface area contributed by atoms with Gasteiger partial charge in [-0.15, -0.1) is 0 Å². The molecule has 0 aliphatic carbocycles. The smallest absolute Gasteiger partial charge is 0.227 e. The van der Waals surface area contributed by atoms with Crippen LogP contribution in [0.25, 0.3) is 0 Å². The van der Waals surface area contributed by atoms with Crippen LogP contribution in [0.4, 0.5) is 11.8 Å². The van der Waals surface area contributed by atoms with Crippen molar-refractivity contribution in [2.75, 3.05) is 49.6 Å². The first-order chi connectivity index (χ1) is 11.3. The third-order valence-corrected chi connectivity index (χ3v) is 4.48. The van der Waals surface area contributed by atoms with E-state index in [-0.39, 0.29) is 11.3 Å².